The first-order chi connectivity index (χ1) is 13.5. The number of pyridine rings is 2. The summed E-state index contributed by atoms with van der Waals surface area (Å²) in [5.41, 5.74) is 3.28. The molecule has 0 aliphatic carbocycles. The molecular weight excluding hydrogens is 356 g/mol. The first-order valence-corrected chi connectivity index (χ1v) is 8.66. The largest absolute Gasteiger partial charge is 0.347 e. The summed E-state index contributed by atoms with van der Waals surface area (Å²) in [4.78, 5) is 44.2. The Kier molecular flexibility index (Phi) is 4.41. The molecule has 7 nitrogen and oxygen atoms in total. The van der Waals surface area contributed by atoms with Gasteiger partial charge >= 0.3 is 0 Å². The van der Waals surface area contributed by atoms with E-state index in [4.69, 9.17) is 0 Å². The van der Waals surface area contributed by atoms with Gasteiger partial charge in [-0.2, -0.15) is 0 Å². The fourth-order valence-corrected chi connectivity index (χ4v) is 3.14. The van der Waals surface area contributed by atoms with Gasteiger partial charge < -0.3 is 5.32 Å². The average molecular weight is 372 g/mol. The molecule has 4 aromatic rings. The Balaban J connectivity index is 1.59. The predicted molar refractivity (Wildman–Crippen MR) is 104 cm³/mol. The van der Waals surface area contributed by atoms with Crippen molar-refractivity contribution in [2.24, 2.45) is 0 Å². The molecule has 28 heavy (non-hydrogen) atoms. The van der Waals surface area contributed by atoms with Crippen LogP contribution in [0.1, 0.15) is 32.0 Å². The van der Waals surface area contributed by atoms with E-state index in [-0.39, 0.29) is 17.8 Å². The number of fused-ring (bicyclic) bond motifs is 2. The van der Waals surface area contributed by atoms with E-state index >= 15 is 0 Å². The number of carbonyl (C=O) groups excluding carboxylic acids is 2. The van der Waals surface area contributed by atoms with Crippen molar-refractivity contribution in [3.8, 4) is 0 Å². The van der Waals surface area contributed by atoms with Crippen LogP contribution in [-0.2, 0) is 6.54 Å². The van der Waals surface area contributed by atoms with E-state index in [1.807, 2.05) is 19.1 Å². The Morgan fingerprint density at radius 3 is 2.89 bits per heavy atom. The zero-order valence-corrected chi connectivity index (χ0v) is 15.0. The first-order valence-electron chi connectivity index (χ1n) is 8.66. The summed E-state index contributed by atoms with van der Waals surface area (Å²) < 4.78 is 1.38. The Bertz CT molecular complexity index is 1290. The molecular formula is C21H16N4O3. The van der Waals surface area contributed by atoms with Gasteiger partial charge in [-0.3, -0.25) is 23.8 Å². The van der Waals surface area contributed by atoms with Gasteiger partial charge in [-0.1, -0.05) is 12.1 Å². The first kappa shape index (κ1) is 17.5. The number of hydrogen-bond acceptors (Lipinski definition) is 5. The van der Waals surface area contributed by atoms with Crippen molar-refractivity contribution >= 4 is 28.7 Å². The van der Waals surface area contributed by atoms with Crippen LogP contribution in [0.2, 0.25) is 0 Å². The number of hydrogen-bond donors (Lipinski definition) is 1. The van der Waals surface area contributed by atoms with E-state index < -0.39 is 5.91 Å². The van der Waals surface area contributed by atoms with Crippen LogP contribution in [-0.4, -0.2) is 26.6 Å². The summed E-state index contributed by atoms with van der Waals surface area (Å²) in [5.74, 6) is -0.430. The van der Waals surface area contributed by atoms with E-state index in [9.17, 15) is 14.4 Å². The average Bonchev–Trinajstić information content (AvgIpc) is 2.71. The highest BCUT2D eigenvalue weighted by Crippen LogP contribution is 2.19. The molecule has 138 valence electrons. The van der Waals surface area contributed by atoms with Crippen LogP contribution < -0.4 is 10.9 Å². The summed E-state index contributed by atoms with van der Waals surface area (Å²) in [6.45, 7) is 2.18. The van der Waals surface area contributed by atoms with Crippen molar-refractivity contribution in [2.45, 2.75) is 13.5 Å². The van der Waals surface area contributed by atoms with E-state index in [2.05, 4.69) is 15.3 Å². The molecule has 1 N–H and O–H groups in total. The van der Waals surface area contributed by atoms with Crippen LogP contribution >= 0.6 is 0 Å². The van der Waals surface area contributed by atoms with Gasteiger partial charge in [0, 0.05) is 36.0 Å². The lowest BCUT2D eigenvalue weighted by Gasteiger charge is -2.09. The Labute approximate surface area is 159 Å². The van der Waals surface area contributed by atoms with Gasteiger partial charge in [0.05, 0.1) is 5.52 Å². The number of aromatic nitrogens is 3. The molecule has 0 bridgehead atoms. The van der Waals surface area contributed by atoms with Gasteiger partial charge in [0.25, 0.3) is 11.5 Å². The van der Waals surface area contributed by atoms with Crippen molar-refractivity contribution in [3.63, 3.8) is 0 Å². The molecule has 0 unspecified atom stereocenters. The lowest BCUT2D eigenvalue weighted by atomic mass is 10.0. The van der Waals surface area contributed by atoms with Gasteiger partial charge in [-0.05, 0) is 42.3 Å². The van der Waals surface area contributed by atoms with Crippen LogP contribution in [0.5, 0.6) is 0 Å². The Hall–Kier alpha value is -3.87. The maximum absolute atomic E-state index is 12.5. The second-order valence-electron chi connectivity index (χ2n) is 6.46. The summed E-state index contributed by atoms with van der Waals surface area (Å²) in [7, 11) is 0. The van der Waals surface area contributed by atoms with E-state index in [1.54, 1.807) is 30.5 Å². The fourth-order valence-electron chi connectivity index (χ4n) is 3.14. The monoisotopic (exact) mass is 372 g/mol. The summed E-state index contributed by atoms with van der Waals surface area (Å²) >= 11 is 0. The molecule has 0 spiro atoms. The van der Waals surface area contributed by atoms with E-state index in [0.29, 0.717) is 11.2 Å². The molecule has 0 fully saturated rings. The molecule has 0 radical (unpaired) electrons. The lowest BCUT2D eigenvalue weighted by Crippen LogP contribution is -2.27. The number of benzene rings is 1. The summed E-state index contributed by atoms with van der Waals surface area (Å²) in [6, 6.07) is 11.9. The summed E-state index contributed by atoms with van der Waals surface area (Å²) in [5, 5.41) is 3.62. The topological polar surface area (TPSA) is 93.4 Å². The molecule has 0 saturated carbocycles. The van der Waals surface area contributed by atoms with Crippen molar-refractivity contribution in [1.29, 1.82) is 0 Å². The van der Waals surface area contributed by atoms with E-state index in [0.717, 1.165) is 28.3 Å². The van der Waals surface area contributed by atoms with Crippen LogP contribution in [0.15, 0.2) is 59.7 Å². The minimum atomic E-state index is -0.430. The Morgan fingerprint density at radius 1 is 1.21 bits per heavy atom. The number of carbonyl (C=O) groups is 2. The molecule has 7 heteroatoms. The maximum atomic E-state index is 12.5. The second-order valence-corrected chi connectivity index (χ2v) is 6.46. The minimum Gasteiger partial charge on any atom is -0.347 e. The second kappa shape index (κ2) is 7.03. The van der Waals surface area contributed by atoms with Crippen LogP contribution in [0.4, 0.5) is 0 Å². The van der Waals surface area contributed by atoms with Crippen molar-refractivity contribution in [2.75, 3.05) is 0 Å². The molecule has 0 aliphatic rings. The number of nitrogens with one attached hydrogen (secondary N) is 1. The standard InChI is InChI=1S/C21H16N4O3/c1-13-6-14(7-16-8-15(12-26)11-22-20(13)16)10-23-21(28)17-9-19(27)25-5-3-2-4-18(25)24-17/h2-9,11-12H,10H2,1H3,(H,23,28). The van der Waals surface area contributed by atoms with Crippen molar-refractivity contribution < 1.29 is 9.59 Å². The Morgan fingerprint density at radius 2 is 2.07 bits per heavy atom. The molecule has 1 amide bonds. The molecule has 3 heterocycles. The third-order valence-corrected chi connectivity index (χ3v) is 4.45. The molecule has 3 aromatic heterocycles. The van der Waals surface area contributed by atoms with Gasteiger partial charge in [0.2, 0.25) is 0 Å². The zero-order chi connectivity index (χ0) is 19.7. The summed E-state index contributed by atoms with van der Waals surface area (Å²) in [6.07, 6.45) is 3.89. The molecule has 0 saturated heterocycles. The van der Waals surface area contributed by atoms with Gasteiger partial charge in [-0.15, -0.1) is 0 Å². The van der Waals surface area contributed by atoms with Gasteiger partial charge in [0.1, 0.15) is 11.3 Å². The third kappa shape index (κ3) is 3.25. The normalized spacial score (nSPS) is 10.9. The highest BCUT2D eigenvalue weighted by Gasteiger charge is 2.11. The van der Waals surface area contributed by atoms with Crippen LogP contribution in [0.3, 0.4) is 0 Å². The van der Waals surface area contributed by atoms with Crippen molar-refractivity contribution in [1.82, 2.24) is 19.7 Å². The number of aldehydes is 1. The smallest absolute Gasteiger partial charge is 0.270 e. The number of aryl methyl sites for hydroxylation is 1. The predicted octanol–water partition coefficient (Wildman–Crippen LogP) is 2.29. The molecule has 0 atom stereocenters. The highest BCUT2D eigenvalue weighted by atomic mass is 16.2. The third-order valence-electron chi connectivity index (χ3n) is 4.45. The molecule has 4 rings (SSSR count). The van der Waals surface area contributed by atoms with Crippen molar-refractivity contribution in [3.05, 3.63) is 87.6 Å². The number of nitrogens with zero attached hydrogens (tertiary/aromatic N) is 3. The lowest BCUT2D eigenvalue weighted by molar-refractivity contribution is 0.0945. The number of rotatable bonds is 4. The van der Waals surface area contributed by atoms with Gasteiger partial charge in [0.15, 0.2) is 6.29 Å². The minimum absolute atomic E-state index is 0.0682. The van der Waals surface area contributed by atoms with Crippen LogP contribution in [0, 0.1) is 6.92 Å². The fraction of sp³-hybridized carbons (Fsp3) is 0.0952. The van der Waals surface area contributed by atoms with Crippen LogP contribution in [0.25, 0.3) is 16.6 Å². The zero-order valence-electron chi connectivity index (χ0n) is 15.0. The quantitative estimate of drug-likeness (QED) is 0.555. The highest BCUT2D eigenvalue weighted by molar-refractivity contribution is 5.93. The van der Waals surface area contributed by atoms with E-state index in [1.165, 1.54) is 16.7 Å². The molecule has 1 aromatic carbocycles. The van der Waals surface area contributed by atoms with Gasteiger partial charge in [-0.25, -0.2) is 4.98 Å². The molecule has 0 aliphatic heterocycles. The number of amides is 1. The maximum Gasteiger partial charge on any atom is 0.270 e. The SMILES string of the molecule is Cc1cc(CNC(=O)c2cc(=O)n3ccccc3n2)cc2cc(C=O)cnc12.